The third-order valence-corrected chi connectivity index (χ3v) is 4.56. The van der Waals surface area contributed by atoms with Crippen molar-refractivity contribution in [2.75, 3.05) is 44.5 Å². The maximum atomic E-state index is 12.1. The summed E-state index contributed by atoms with van der Waals surface area (Å²) in [6.07, 6.45) is 1.95. The van der Waals surface area contributed by atoms with Crippen LogP contribution in [0.2, 0.25) is 0 Å². The monoisotopic (exact) mass is 313 g/mol. The smallest absolute Gasteiger partial charge is 0.263 e. The van der Waals surface area contributed by atoms with Crippen molar-refractivity contribution in [2.45, 2.75) is 19.8 Å². The minimum atomic E-state index is -0.144. The number of amides is 1. The van der Waals surface area contributed by atoms with E-state index in [4.69, 9.17) is 15.2 Å². The molecule has 118 valence electrons. The summed E-state index contributed by atoms with van der Waals surface area (Å²) in [6, 6.07) is 0. The van der Waals surface area contributed by atoms with Crippen molar-refractivity contribution >= 4 is 27.9 Å². The summed E-state index contributed by atoms with van der Waals surface area (Å²) in [5.74, 6) is 0.908. The number of rotatable bonds is 7. The van der Waals surface area contributed by atoms with E-state index in [9.17, 15) is 4.79 Å². The molecule has 0 aromatic carbocycles. The predicted molar refractivity (Wildman–Crippen MR) is 85.3 cm³/mol. The zero-order valence-corrected chi connectivity index (χ0v) is 13.3. The molecule has 1 amide bonds. The molecule has 1 atom stereocenters. The molecule has 6 nitrogen and oxygen atoms in total. The third-order valence-electron chi connectivity index (χ3n) is 3.42. The van der Waals surface area contributed by atoms with E-state index < -0.39 is 0 Å². The van der Waals surface area contributed by atoms with E-state index in [0.29, 0.717) is 28.8 Å². The van der Waals surface area contributed by atoms with Crippen LogP contribution in [0.25, 0.3) is 0 Å². The van der Waals surface area contributed by atoms with Crippen molar-refractivity contribution < 1.29 is 14.3 Å². The fraction of sp³-hybridized carbons (Fsp3) is 0.643. The van der Waals surface area contributed by atoms with E-state index in [1.807, 2.05) is 6.92 Å². The number of anilines is 2. The molecule has 2 heterocycles. The molecule has 0 radical (unpaired) electrons. The Balaban J connectivity index is 2.07. The number of methoxy groups -OCH3 is 1. The van der Waals surface area contributed by atoms with E-state index >= 15 is 0 Å². The molecule has 0 bridgehead atoms. The summed E-state index contributed by atoms with van der Waals surface area (Å²) in [5, 5.41) is 6.98. The SMILES string of the molecule is CCCNC(=O)c1sc(NCC2CCOC2)c(OC)c1N. The number of carbonyl (C=O) groups is 1. The first kappa shape index (κ1) is 15.9. The second-order valence-electron chi connectivity index (χ2n) is 5.07. The van der Waals surface area contributed by atoms with Crippen LogP contribution in [0.3, 0.4) is 0 Å². The molecule has 1 unspecified atom stereocenters. The summed E-state index contributed by atoms with van der Waals surface area (Å²) < 4.78 is 10.7. The lowest BCUT2D eigenvalue weighted by atomic mass is 10.1. The molecule has 1 aromatic heterocycles. The lowest BCUT2D eigenvalue weighted by Gasteiger charge is -2.10. The minimum Gasteiger partial charge on any atom is -0.492 e. The van der Waals surface area contributed by atoms with Crippen LogP contribution in [-0.2, 0) is 4.74 Å². The molecule has 7 heteroatoms. The van der Waals surface area contributed by atoms with E-state index in [2.05, 4.69) is 10.6 Å². The van der Waals surface area contributed by atoms with Gasteiger partial charge in [0.25, 0.3) is 5.91 Å². The van der Waals surface area contributed by atoms with Gasteiger partial charge < -0.3 is 25.8 Å². The van der Waals surface area contributed by atoms with Gasteiger partial charge in [-0.3, -0.25) is 4.79 Å². The van der Waals surface area contributed by atoms with E-state index in [0.717, 1.165) is 37.6 Å². The van der Waals surface area contributed by atoms with Gasteiger partial charge in [-0.1, -0.05) is 6.92 Å². The molecule has 1 fully saturated rings. The highest BCUT2D eigenvalue weighted by atomic mass is 32.1. The Bertz CT molecular complexity index is 484. The lowest BCUT2D eigenvalue weighted by Crippen LogP contribution is -2.23. The highest BCUT2D eigenvalue weighted by Crippen LogP contribution is 2.42. The number of carbonyl (C=O) groups excluding carboxylic acids is 1. The summed E-state index contributed by atoms with van der Waals surface area (Å²) >= 11 is 1.34. The van der Waals surface area contributed by atoms with Gasteiger partial charge in [0.05, 0.1) is 13.7 Å². The van der Waals surface area contributed by atoms with Crippen LogP contribution in [-0.4, -0.2) is 39.3 Å². The van der Waals surface area contributed by atoms with Gasteiger partial charge in [-0.2, -0.15) is 0 Å². The predicted octanol–water partition coefficient (Wildman–Crippen LogP) is 1.93. The number of thiophene rings is 1. The van der Waals surface area contributed by atoms with Crippen LogP contribution in [0.15, 0.2) is 0 Å². The number of hydrogen-bond acceptors (Lipinski definition) is 6. The molecule has 21 heavy (non-hydrogen) atoms. The molecule has 1 aliphatic rings. The summed E-state index contributed by atoms with van der Waals surface area (Å²) in [4.78, 5) is 12.6. The van der Waals surface area contributed by atoms with Crippen molar-refractivity contribution in [3.8, 4) is 5.75 Å². The average Bonchev–Trinajstić information content (AvgIpc) is 3.10. The Morgan fingerprint density at radius 2 is 2.38 bits per heavy atom. The fourth-order valence-corrected chi connectivity index (χ4v) is 3.23. The quantitative estimate of drug-likeness (QED) is 0.716. The molecule has 1 saturated heterocycles. The first-order valence-corrected chi connectivity index (χ1v) is 8.05. The summed E-state index contributed by atoms with van der Waals surface area (Å²) in [6.45, 7) is 5.04. The Hall–Kier alpha value is -1.47. The van der Waals surface area contributed by atoms with E-state index in [1.165, 1.54) is 11.3 Å². The van der Waals surface area contributed by atoms with Gasteiger partial charge in [-0.05, 0) is 12.8 Å². The summed E-state index contributed by atoms with van der Waals surface area (Å²) in [5.41, 5.74) is 6.43. The number of hydrogen-bond donors (Lipinski definition) is 3. The normalized spacial score (nSPS) is 17.7. The minimum absolute atomic E-state index is 0.144. The second-order valence-corrected chi connectivity index (χ2v) is 6.09. The average molecular weight is 313 g/mol. The zero-order valence-electron chi connectivity index (χ0n) is 12.5. The Morgan fingerprint density at radius 1 is 1.57 bits per heavy atom. The van der Waals surface area contributed by atoms with Crippen LogP contribution in [0.5, 0.6) is 5.75 Å². The van der Waals surface area contributed by atoms with E-state index in [1.54, 1.807) is 7.11 Å². The molecule has 0 spiro atoms. The van der Waals surface area contributed by atoms with Gasteiger partial charge in [-0.25, -0.2) is 0 Å². The van der Waals surface area contributed by atoms with Crippen molar-refractivity contribution in [1.82, 2.24) is 5.32 Å². The Kier molecular flexibility index (Phi) is 5.69. The number of ether oxygens (including phenoxy) is 2. The molecule has 4 N–H and O–H groups in total. The molecular weight excluding hydrogens is 290 g/mol. The second kappa shape index (κ2) is 7.51. The zero-order chi connectivity index (χ0) is 15.2. The maximum Gasteiger partial charge on any atom is 0.263 e. The highest BCUT2D eigenvalue weighted by molar-refractivity contribution is 7.19. The largest absolute Gasteiger partial charge is 0.492 e. The van der Waals surface area contributed by atoms with E-state index in [-0.39, 0.29) is 5.91 Å². The topological polar surface area (TPSA) is 85.6 Å². The highest BCUT2D eigenvalue weighted by Gasteiger charge is 2.23. The first-order chi connectivity index (χ1) is 10.2. The number of nitrogens with two attached hydrogens (primary N) is 1. The van der Waals surface area contributed by atoms with Crippen LogP contribution in [0.1, 0.15) is 29.4 Å². The van der Waals surface area contributed by atoms with Crippen molar-refractivity contribution in [1.29, 1.82) is 0 Å². The van der Waals surface area contributed by atoms with Gasteiger partial charge in [0.1, 0.15) is 15.6 Å². The van der Waals surface area contributed by atoms with Gasteiger partial charge in [0.15, 0.2) is 5.75 Å². The van der Waals surface area contributed by atoms with Gasteiger partial charge in [0.2, 0.25) is 0 Å². The molecule has 0 saturated carbocycles. The standard InChI is InChI=1S/C14H23N3O3S/c1-3-5-16-13(18)12-10(15)11(19-2)14(21-12)17-7-9-4-6-20-8-9/h9,17H,3-8,15H2,1-2H3,(H,16,18). The first-order valence-electron chi connectivity index (χ1n) is 7.23. The Labute approximate surface area is 129 Å². The van der Waals surface area contributed by atoms with Gasteiger partial charge >= 0.3 is 0 Å². The maximum absolute atomic E-state index is 12.1. The van der Waals surface area contributed by atoms with Gasteiger partial charge in [-0.15, -0.1) is 11.3 Å². The van der Waals surface area contributed by atoms with Crippen molar-refractivity contribution in [3.05, 3.63) is 4.88 Å². The molecule has 0 aliphatic carbocycles. The summed E-state index contributed by atoms with van der Waals surface area (Å²) in [7, 11) is 1.57. The third kappa shape index (κ3) is 3.79. The Morgan fingerprint density at radius 3 is 3.00 bits per heavy atom. The fourth-order valence-electron chi connectivity index (χ4n) is 2.22. The molecule has 1 aromatic rings. The van der Waals surface area contributed by atoms with Crippen LogP contribution >= 0.6 is 11.3 Å². The van der Waals surface area contributed by atoms with Crippen molar-refractivity contribution in [2.24, 2.45) is 5.92 Å². The van der Waals surface area contributed by atoms with Gasteiger partial charge in [0, 0.05) is 25.6 Å². The van der Waals surface area contributed by atoms with Crippen LogP contribution in [0, 0.1) is 5.92 Å². The van der Waals surface area contributed by atoms with Crippen molar-refractivity contribution in [3.63, 3.8) is 0 Å². The van der Waals surface area contributed by atoms with Crippen LogP contribution in [0.4, 0.5) is 10.7 Å². The molecule has 2 rings (SSSR count). The molecule has 1 aliphatic heterocycles. The number of nitrogens with one attached hydrogen (secondary N) is 2. The van der Waals surface area contributed by atoms with Crippen LogP contribution < -0.4 is 21.1 Å². The molecular formula is C14H23N3O3S. The number of nitrogen functional groups attached to an aromatic ring is 1. The lowest BCUT2D eigenvalue weighted by molar-refractivity contribution is 0.0958.